The highest BCUT2D eigenvalue weighted by atomic mass is 16.2. The largest absolute Gasteiger partial charge is 0.368 e. The number of aromatic nitrogens is 2. The van der Waals surface area contributed by atoms with Gasteiger partial charge in [-0.05, 0) is 13.3 Å². The highest BCUT2D eigenvalue weighted by Gasteiger charge is 2.21. The second-order valence-corrected chi connectivity index (χ2v) is 4.33. The summed E-state index contributed by atoms with van der Waals surface area (Å²) in [7, 11) is 1.83. The molecular formula is C11H17N5O. The SMILES string of the molecule is Cc1cnc(N)nc1N1CCCN(C)C(=O)C1. The summed E-state index contributed by atoms with van der Waals surface area (Å²) in [5, 5.41) is 0. The minimum atomic E-state index is 0.110. The van der Waals surface area contributed by atoms with E-state index < -0.39 is 0 Å². The Kier molecular flexibility index (Phi) is 3.12. The van der Waals surface area contributed by atoms with Crippen molar-refractivity contribution in [2.75, 3.05) is 37.3 Å². The number of nitrogens with two attached hydrogens (primary N) is 1. The molecule has 0 radical (unpaired) electrons. The van der Waals surface area contributed by atoms with Crippen LogP contribution in [0.5, 0.6) is 0 Å². The first kappa shape index (κ1) is 11.6. The first-order valence-corrected chi connectivity index (χ1v) is 5.66. The summed E-state index contributed by atoms with van der Waals surface area (Å²) in [4.78, 5) is 23.7. The van der Waals surface area contributed by atoms with Gasteiger partial charge in [-0.2, -0.15) is 4.98 Å². The molecule has 0 bridgehead atoms. The molecular weight excluding hydrogens is 218 g/mol. The fraction of sp³-hybridized carbons (Fsp3) is 0.545. The average Bonchev–Trinajstić information content (AvgIpc) is 2.45. The number of nitrogens with zero attached hydrogens (tertiary/aromatic N) is 4. The third-order valence-corrected chi connectivity index (χ3v) is 2.94. The zero-order valence-corrected chi connectivity index (χ0v) is 10.2. The molecule has 1 fully saturated rings. The van der Waals surface area contributed by atoms with Crippen molar-refractivity contribution in [2.24, 2.45) is 0 Å². The second kappa shape index (κ2) is 4.57. The van der Waals surface area contributed by atoms with Crippen LogP contribution in [0.2, 0.25) is 0 Å². The van der Waals surface area contributed by atoms with E-state index in [2.05, 4.69) is 9.97 Å². The number of rotatable bonds is 1. The number of hydrogen-bond donors (Lipinski definition) is 1. The van der Waals surface area contributed by atoms with E-state index in [-0.39, 0.29) is 11.9 Å². The van der Waals surface area contributed by atoms with Crippen LogP contribution in [-0.4, -0.2) is 47.5 Å². The monoisotopic (exact) mass is 235 g/mol. The lowest BCUT2D eigenvalue weighted by atomic mass is 10.3. The molecule has 92 valence electrons. The molecule has 6 nitrogen and oxygen atoms in total. The molecule has 0 spiro atoms. The molecule has 0 unspecified atom stereocenters. The van der Waals surface area contributed by atoms with Crippen molar-refractivity contribution >= 4 is 17.7 Å². The van der Waals surface area contributed by atoms with Gasteiger partial charge in [-0.15, -0.1) is 0 Å². The lowest BCUT2D eigenvalue weighted by molar-refractivity contribution is -0.127. The maximum absolute atomic E-state index is 11.8. The van der Waals surface area contributed by atoms with Gasteiger partial charge in [0.1, 0.15) is 5.82 Å². The lowest BCUT2D eigenvalue weighted by Gasteiger charge is -2.22. The molecule has 2 rings (SSSR count). The predicted molar refractivity (Wildman–Crippen MR) is 65.6 cm³/mol. The summed E-state index contributed by atoms with van der Waals surface area (Å²) < 4.78 is 0. The Morgan fingerprint density at radius 3 is 2.94 bits per heavy atom. The zero-order valence-electron chi connectivity index (χ0n) is 10.2. The van der Waals surface area contributed by atoms with E-state index in [4.69, 9.17) is 5.73 Å². The number of anilines is 2. The molecule has 0 saturated carbocycles. The predicted octanol–water partition coefficient (Wildman–Crippen LogP) is 0.0357. The van der Waals surface area contributed by atoms with Crippen molar-refractivity contribution in [1.29, 1.82) is 0 Å². The average molecular weight is 235 g/mol. The zero-order chi connectivity index (χ0) is 12.4. The fourth-order valence-corrected chi connectivity index (χ4v) is 1.93. The van der Waals surface area contributed by atoms with E-state index in [0.29, 0.717) is 6.54 Å². The van der Waals surface area contributed by atoms with Crippen molar-refractivity contribution in [3.63, 3.8) is 0 Å². The van der Waals surface area contributed by atoms with Crippen LogP contribution in [0.25, 0.3) is 0 Å². The molecule has 2 N–H and O–H groups in total. The Bertz CT molecular complexity index is 434. The minimum Gasteiger partial charge on any atom is -0.368 e. The summed E-state index contributed by atoms with van der Waals surface area (Å²) >= 11 is 0. The molecule has 0 aromatic carbocycles. The van der Waals surface area contributed by atoms with Crippen LogP contribution in [0.3, 0.4) is 0 Å². The molecule has 0 atom stereocenters. The van der Waals surface area contributed by atoms with E-state index in [1.165, 1.54) is 0 Å². The van der Waals surface area contributed by atoms with Gasteiger partial charge in [-0.25, -0.2) is 4.98 Å². The number of hydrogen-bond acceptors (Lipinski definition) is 5. The Morgan fingerprint density at radius 1 is 1.41 bits per heavy atom. The van der Waals surface area contributed by atoms with E-state index in [1.807, 2.05) is 18.9 Å². The van der Waals surface area contributed by atoms with Crippen LogP contribution < -0.4 is 10.6 Å². The highest BCUT2D eigenvalue weighted by Crippen LogP contribution is 2.18. The van der Waals surface area contributed by atoms with Gasteiger partial charge in [-0.1, -0.05) is 0 Å². The topological polar surface area (TPSA) is 75.3 Å². The second-order valence-electron chi connectivity index (χ2n) is 4.33. The van der Waals surface area contributed by atoms with Crippen LogP contribution in [0, 0.1) is 6.92 Å². The summed E-state index contributed by atoms with van der Waals surface area (Å²) in [5.41, 5.74) is 6.53. The van der Waals surface area contributed by atoms with Crippen LogP contribution in [0.15, 0.2) is 6.20 Å². The van der Waals surface area contributed by atoms with Gasteiger partial charge in [-0.3, -0.25) is 4.79 Å². The molecule has 1 saturated heterocycles. The van der Waals surface area contributed by atoms with Crippen LogP contribution in [0.4, 0.5) is 11.8 Å². The van der Waals surface area contributed by atoms with Gasteiger partial charge in [0.05, 0.1) is 6.54 Å². The molecule has 17 heavy (non-hydrogen) atoms. The Labute approximate surface area is 100 Å². The summed E-state index contributed by atoms with van der Waals surface area (Å²) in [6.07, 6.45) is 2.63. The van der Waals surface area contributed by atoms with Gasteiger partial charge < -0.3 is 15.5 Å². The number of carbonyl (C=O) groups excluding carboxylic acids is 1. The van der Waals surface area contributed by atoms with Crippen LogP contribution >= 0.6 is 0 Å². The van der Waals surface area contributed by atoms with Gasteiger partial charge in [0.25, 0.3) is 0 Å². The van der Waals surface area contributed by atoms with E-state index >= 15 is 0 Å². The Balaban J connectivity index is 2.26. The fourth-order valence-electron chi connectivity index (χ4n) is 1.93. The van der Waals surface area contributed by atoms with Gasteiger partial charge in [0.15, 0.2) is 0 Å². The third-order valence-electron chi connectivity index (χ3n) is 2.94. The molecule has 6 heteroatoms. The Hall–Kier alpha value is -1.85. The van der Waals surface area contributed by atoms with Crippen LogP contribution in [-0.2, 0) is 4.79 Å². The van der Waals surface area contributed by atoms with Gasteiger partial charge >= 0.3 is 0 Å². The van der Waals surface area contributed by atoms with Crippen molar-refractivity contribution in [3.05, 3.63) is 11.8 Å². The van der Waals surface area contributed by atoms with E-state index in [9.17, 15) is 4.79 Å². The van der Waals surface area contributed by atoms with Crippen molar-refractivity contribution in [2.45, 2.75) is 13.3 Å². The van der Waals surface area contributed by atoms with Crippen LogP contribution in [0.1, 0.15) is 12.0 Å². The number of nitrogen functional groups attached to an aromatic ring is 1. The first-order valence-electron chi connectivity index (χ1n) is 5.66. The molecule has 1 aromatic heterocycles. The maximum Gasteiger partial charge on any atom is 0.241 e. The normalized spacial score (nSPS) is 17.2. The smallest absolute Gasteiger partial charge is 0.241 e. The maximum atomic E-state index is 11.8. The first-order chi connectivity index (χ1) is 8.08. The molecule has 1 aromatic rings. The number of likely N-dealkylation sites (N-methyl/N-ethyl adjacent to an activating group) is 1. The number of aryl methyl sites for hydroxylation is 1. The third kappa shape index (κ3) is 2.46. The quantitative estimate of drug-likeness (QED) is 0.743. The Morgan fingerprint density at radius 2 is 2.18 bits per heavy atom. The standard InChI is InChI=1S/C11H17N5O/c1-8-6-13-11(12)14-10(8)16-5-3-4-15(2)9(17)7-16/h6H,3-5,7H2,1-2H3,(H2,12,13,14). The summed E-state index contributed by atoms with van der Waals surface area (Å²) in [6, 6.07) is 0. The van der Waals surface area contributed by atoms with Gasteiger partial charge in [0, 0.05) is 31.9 Å². The highest BCUT2D eigenvalue weighted by molar-refractivity contribution is 5.81. The molecule has 1 aliphatic rings. The number of amides is 1. The summed E-state index contributed by atoms with van der Waals surface area (Å²) in [5.74, 6) is 1.12. The van der Waals surface area contributed by atoms with E-state index in [1.54, 1.807) is 11.1 Å². The molecule has 0 aliphatic carbocycles. The molecule has 1 amide bonds. The van der Waals surface area contributed by atoms with Crippen molar-refractivity contribution in [3.8, 4) is 0 Å². The van der Waals surface area contributed by atoms with Gasteiger partial charge in [0.2, 0.25) is 11.9 Å². The molecule has 2 heterocycles. The minimum absolute atomic E-state index is 0.110. The summed E-state index contributed by atoms with van der Waals surface area (Å²) in [6.45, 7) is 3.88. The molecule has 1 aliphatic heterocycles. The van der Waals surface area contributed by atoms with Crippen molar-refractivity contribution < 1.29 is 4.79 Å². The van der Waals surface area contributed by atoms with E-state index in [0.717, 1.165) is 30.9 Å². The number of carbonyl (C=O) groups is 1. The lowest BCUT2D eigenvalue weighted by Crippen LogP contribution is -2.35. The van der Waals surface area contributed by atoms with Crippen molar-refractivity contribution in [1.82, 2.24) is 14.9 Å².